The topological polar surface area (TPSA) is 83.6 Å². The summed E-state index contributed by atoms with van der Waals surface area (Å²) in [6.45, 7) is 2.20. The number of aryl methyl sites for hydroxylation is 1. The zero-order valence-electron chi connectivity index (χ0n) is 14.2. The molecule has 0 bridgehead atoms. The normalized spacial score (nSPS) is 10.8. The van der Waals surface area contributed by atoms with E-state index in [0.717, 1.165) is 27.9 Å². The molecule has 0 saturated heterocycles. The molecule has 2 heterocycles. The molecule has 0 spiro atoms. The van der Waals surface area contributed by atoms with E-state index in [4.69, 9.17) is 0 Å². The van der Waals surface area contributed by atoms with Gasteiger partial charge in [-0.05, 0) is 30.5 Å². The van der Waals surface area contributed by atoms with Gasteiger partial charge in [0, 0.05) is 22.7 Å². The Morgan fingerprint density at radius 2 is 2.00 bits per heavy atom. The molecule has 0 aliphatic carbocycles. The van der Waals surface area contributed by atoms with Crippen molar-refractivity contribution in [1.29, 1.82) is 0 Å². The second kappa shape index (κ2) is 6.76. The second-order valence-electron chi connectivity index (χ2n) is 5.99. The van der Waals surface area contributed by atoms with Crippen molar-refractivity contribution in [2.45, 2.75) is 13.5 Å². The number of hydrogen-bond acceptors (Lipinski definition) is 4. The Hall–Kier alpha value is -3.54. The van der Waals surface area contributed by atoms with Gasteiger partial charge < -0.3 is 5.32 Å². The van der Waals surface area contributed by atoms with E-state index in [0.29, 0.717) is 17.9 Å². The lowest BCUT2D eigenvalue weighted by atomic mass is 10.1. The highest BCUT2D eigenvalue weighted by Gasteiger charge is 2.10. The van der Waals surface area contributed by atoms with E-state index in [1.54, 1.807) is 18.3 Å². The first-order valence-corrected chi connectivity index (χ1v) is 8.31. The number of hydrogen-bond donors (Lipinski definition) is 2. The van der Waals surface area contributed by atoms with Gasteiger partial charge in [0.2, 0.25) is 0 Å². The summed E-state index contributed by atoms with van der Waals surface area (Å²) in [6.07, 6.45) is 1.76. The fraction of sp³-hybridized carbons (Fsp3) is 0.100. The maximum atomic E-state index is 12.6. The molecule has 2 N–H and O–H groups in total. The van der Waals surface area contributed by atoms with Crippen LogP contribution >= 0.6 is 0 Å². The fourth-order valence-electron chi connectivity index (χ4n) is 2.86. The van der Waals surface area contributed by atoms with Gasteiger partial charge in [-0.25, -0.2) is 4.98 Å². The van der Waals surface area contributed by atoms with E-state index < -0.39 is 0 Å². The molecule has 0 fully saturated rings. The third-order valence-corrected chi connectivity index (χ3v) is 4.15. The summed E-state index contributed by atoms with van der Waals surface area (Å²) >= 11 is 0. The van der Waals surface area contributed by atoms with Crippen molar-refractivity contribution in [3.8, 4) is 11.4 Å². The summed E-state index contributed by atoms with van der Waals surface area (Å²) in [5, 5.41) is 12.0. The first-order chi connectivity index (χ1) is 12.7. The van der Waals surface area contributed by atoms with E-state index in [9.17, 15) is 4.79 Å². The predicted octanol–water partition coefficient (Wildman–Crippen LogP) is 3.26. The van der Waals surface area contributed by atoms with Gasteiger partial charge in [-0.15, -0.1) is 0 Å². The highest BCUT2D eigenvalue weighted by molar-refractivity contribution is 5.95. The van der Waals surface area contributed by atoms with Gasteiger partial charge >= 0.3 is 0 Å². The van der Waals surface area contributed by atoms with Gasteiger partial charge in [0.15, 0.2) is 5.82 Å². The summed E-state index contributed by atoms with van der Waals surface area (Å²) < 4.78 is 0. The number of aromatic amines is 1. The molecule has 4 aromatic rings. The first-order valence-electron chi connectivity index (χ1n) is 8.31. The van der Waals surface area contributed by atoms with Gasteiger partial charge in [0.05, 0.1) is 12.2 Å². The van der Waals surface area contributed by atoms with Crippen LogP contribution in [0.5, 0.6) is 0 Å². The quantitative estimate of drug-likeness (QED) is 0.596. The molecule has 6 nitrogen and oxygen atoms in total. The van der Waals surface area contributed by atoms with Crippen molar-refractivity contribution in [3.05, 3.63) is 77.9 Å². The van der Waals surface area contributed by atoms with Crippen LogP contribution in [-0.4, -0.2) is 26.1 Å². The average molecular weight is 343 g/mol. The number of carbonyl (C=O) groups excluding carboxylic acids is 1. The highest BCUT2D eigenvalue weighted by atomic mass is 16.1. The Bertz CT molecular complexity index is 1080. The number of carbonyl (C=O) groups is 1. The molecule has 0 radical (unpaired) electrons. The third kappa shape index (κ3) is 3.17. The van der Waals surface area contributed by atoms with Crippen LogP contribution in [0, 0.1) is 6.92 Å². The molecule has 128 valence electrons. The van der Waals surface area contributed by atoms with E-state index in [1.807, 2.05) is 49.4 Å². The highest BCUT2D eigenvalue weighted by Crippen LogP contribution is 2.18. The number of pyridine rings is 1. The minimum atomic E-state index is -0.158. The molecule has 0 aliphatic heterocycles. The zero-order chi connectivity index (χ0) is 17.9. The number of aromatic nitrogens is 4. The molecule has 1 amide bonds. The van der Waals surface area contributed by atoms with Crippen molar-refractivity contribution in [2.24, 2.45) is 0 Å². The molecule has 6 heteroatoms. The van der Waals surface area contributed by atoms with Crippen molar-refractivity contribution in [1.82, 2.24) is 25.5 Å². The summed E-state index contributed by atoms with van der Waals surface area (Å²) in [5.41, 5.74) is 2.20. The molecule has 0 unspecified atom stereocenters. The number of H-pyrrole nitrogens is 1. The summed E-state index contributed by atoms with van der Waals surface area (Å²) in [4.78, 5) is 21.3. The van der Waals surface area contributed by atoms with Crippen LogP contribution in [0.25, 0.3) is 22.2 Å². The van der Waals surface area contributed by atoms with E-state index in [-0.39, 0.29) is 5.91 Å². The smallest absolute Gasteiger partial charge is 0.251 e. The van der Waals surface area contributed by atoms with Crippen molar-refractivity contribution in [3.63, 3.8) is 0 Å². The minimum absolute atomic E-state index is 0.158. The van der Waals surface area contributed by atoms with Gasteiger partial charge in [-0.1, -0.05) is 36.4 Å². The first kappa shape index (κ1) is 16.0. The van der Waals surface area contributed by atoms with Crippen LogP contribution < -0.4 is 5.32 Å². The number of rotatable bonds is 4. The Morgan fingerprint density at radius 1 is 1.12 bits per heavy atom. The van der Waals surface area contributed by atoms with Gasteiger partial charge in [0.1, 0.15) is 5.82 Å². The fourth-order valence-corrected chi connectivity index (χ4v) is 2.86. The SMILES string of the molecule is Cc1nc(-c2cccc(C(=O)NCc3nccc4ccccc34)c2)n[nH]1. The van der Waals surface area contributed by atoms with Crippen LogP contribution in [0.1, 0.15) is 21.9 Å². The lowest BCUT2D eigenvalue weighted by Gasteiger charge is -2.08. The van der Waals surface area contributed by atoms with E-state index in [2.05, 4.69) is 25.5 Å². The van der Waals surface area contributed by atoms with Crippen molar-refractivity contribution < 1.29 is 4.79 Å². The van der Waals surface area contributed by atoms with Gasteiger partial charge in [0.25, 0.3) is 5.91 Å². The average Bonchev–Trinajstić information content (AvgIpc) is 3.12. The Balaban J connectivity index is 1.53. The lowest BCUT2D eigenvalue weighted by molar-refractivity contribution is 0.0950. The number of nitrogens with one attached hydrogen (secondary N) is 2. The summed E-state index contributed by atoms with van der Waals surface area (Å²) in [6, 6.07) is 17.2. The van der Waals surface area contributed by atoms with Crippen LogP contribution in [0.15, 0.2) is 60.8 Å². The molecule has 4 rings (SSSR count). The van der Waals surface area contributed by atoms with Crippen LogP contribution in [0.3, 0.4) is 0 Å². The third-order valence-electron chi connectivity index (χ3n) is 4.15. The predicted molar refractivity (Wildman–Crippen MR) is 99.5 cm³/mol. The molecule has 2 aromatic carbocycles. The van der Waals surface area contributed by atoms with Crippen LogP contribution in [0.2, 0.25) is 0 Å². The lowest BCUT2D eigenvalue weighted by Crippen LogP contribution is -2.23. The number of fused-ring (bicyclic) bond motifs is 1. The molecule has 0 saturated carbocycles. The van der Waals surface area contributed by atoms with Crippen molar-refractivity contribution >= 4 is 16.7 Å². The molecule has 2 aromatic heterocycles. The van der Waals surface area contributed by atoms with E-state index >= 15 is 0 Å². The Morgan fingerprint density at radius 3 is 2.85 bits per heavy atom. The van der Waals surface area contributed by atoms with Gasteiger partial charge in [-0.3, -0.25) is 14.9 Å². The molecular weight excluding hydrogens is 326 g/mol. The second-order valence-corrected chi connectivity index (χ2v) is 5.99. The van der Waals surface area contributed by atoms with Crippen LogP contribution in [-0.2, 0) is 6.54 Å². The van der Waals surface area contributed by atoms with Crippen molar-refractivity contribution in [2.75, 3.05) is 0 Å². The molecule has 26 heavy (non-hydrogen) atoms. The minimum Gasteiger partial charge on any atom is -0.346 e. The standard InChI is InChI=1S/C20H17N5O/c1-13-23-19(25-24-13)15-6-4-7-16(11-15)20(26)22-12-18-17-8-3-2-5-14(17)9-10-21-18/h2-11H,12H2,1H3,(H,22,26)(H,23,24,25). The van der Waals surface area contributed by atoms with Crippen LogP contribution in [0.4, 0.5) is 0 Å². The molecule has 0 aliphatic rings. The molecule has 0 atom stereocenters. The summed E-state index contributed by atoms with van der Waals surface area (Å²) in [5.74, 6) is 1.15. The van der Waals surface area contributed by atoms with E-state index in [1.165, 1.54) is 0 Å². The number of amides is 1. The Labute approximate surface area is 150 Å². The van der Waals surface area contributed by atoms with Gasteiger partial charge in [-0.2, -0.15) is 5.10 Å². The number of benzene rings is 2. The maximum Gasteiger partial charge on any atom is 0.251 e. The monoisotopic (exact) mass is 343 g/mol. The largest absolute Gasteiger partial charge is 0.346 e. The Kier molecular flexibility index (Phi) is 4.15. The number of nitrogens with zero attached hydrogens (tertiary/aromatic N) is 3. The molecular formula is C20H17N5O. The summed E-state index contributed by atoms with van der Waals surface area (Å²) in [7, 11) is 0. The zero-order valence-corrected chi connectivity index (χ0v) is 14.2. The maximum absolute atomic E-state index is 12.6.